The number of unbranched alkanes of at least 4 members (excludes halogenated alkanes) is 5. The summed E-state index contributed by atoms with van der Waals surface area (Å²) >= 11 is 0. The predicted molar refractivity (Wildman–Crippen MR) is 84.2 cm³/mol. The van der Waals surface area contributed by atoms with E-state index in [2.05, 4.69) is 22.5 Å². The maximum atomic E-state index is 12.0. The second-order valence-electron chi connectivity index (χ2n) is 5.16. The van der Waals surface area contributed by atoms with Gasteiger partial charge in [0, 0.05) is 24.8 Å². The molecule has 0 spiro atoms. The summed E-state index contributed by atoms with van der Waals surface area (Å²) in [6, 6.07) is 3.60. The van der Waals surface area contributed by atoms with Gasteiger partial charge in [-0.2, -0.15) is 0 Å². The molecule has 1 aromatic heterocycles. The molecule has 0 fully saturated rings. The summed E-state index contributed by atoms with van der Waals surface area (Å²) in [6.07, 6.45) is 7.40. The number of aryl methyl sites for hydroxylation is 1. The van der Waals surface area contributed by atoms with Crippen LogP contribution in [-0.4, -0.2) is 24.5 Å². The number of pyridine rings is 1. The van der Waals surface area contributed by atoms with E-state index in [9.17, 15) is 4.79 Å². The summed E-state index contributed by atoms with van der Waals surface area (Å²) in [6.45, 7) is 4.86. The average molecular weight is 277 g/mol. The first-order chi connectivity index (χ1) is 9.67. The number of aromatic nitrogens is 1. The van der Waals surface area contributed by atoms with Gasteiger partial charge in [-0.05, 0) is 25.5 Å². The molecule has 0 saturated carbocycles. The van der Waals surface area contributed by atoms with Gasteiger partial charge in [-0.25, -0.2) is 4.98 Å². The van der Waals surface area contributed by atoms with Crippen molar-refractivity contribution in [2.24, 2.45) is 0 Å². The van der Waals surface area contributed by atoms with Crippen LogP contribution in [-0.2, 0) is 0 Å². The van der Waals surface area contributed by atoms with Crippen LogP contribution in [0.3, 0.4) is 0 Å². The minimum Gasteiger partial charge on any atom is -0.373 e. The molecule has 1 amide bonds. The van der Waals surface area contributed by atoms with E-state index >= 15 is 0 Å². The van der Waals surface area contributed by atoms with Crippen molar-refractivity contribution in [1.29, 1.82) is 0 Å². The molecule has 2 N–H and O–H groups in total. The zero-order chi connectivity index (χ0) is 14.8. The third-order valence-corrected chi connectivity index (χ3v) is 3.29. The molecule has 0 aromatic carbocycles. The van der Waals surface area contributed by atoms with E-state index in [0.717, 1.165) is 24.5 Å². The number of carbonyl (C=O) groups excluding carboxylic acids is 1. The van der Waals surface area contributed by atoms with E-state index in [1.807, 2.05) is 13.0 Å². The second kappa shape index (κ2) is 9.34. The predicted octanol–water partition coefficient (Wildman–Crippen LogP) is 3.52. The summed E-state index contributed by atoms with van der Waals surface area (Å²) in [5, 5.41) is 5.94. The highest BCUT2D eigenvalue weighted by atomic mass is 16.1. The molecule has 0 radical (unpaired) electrons. The number of carbonyl (C=O) groups is 1. The van der Waals surface area contributed by atoms with Crippen molar-refractivity contribution in [3.05, 3.63) is 23.4 Å². The summed E-state index contributed by atoms with van der Waals surface area (Å²) < 4.78 is 0. The number of rotatable bonds is 9. The van der Waals surface area contributed by atoms with Gasteiger partial charge in [-0.3, -0.25) is 4.79 Å². The monoisotopic (exact) mass is 277 g/mol. The number of anilines is 1. The zero-order valence-electron chi connectivity index (χ0n) is 13.0. The van der Waals surface area contributed by atoms with Crippen LogP contribution < -0.4 is 10.6 Å². The molecule has 1 aromatic rings. The van der Waals surface area contributed by atoms with Gasteiger partial charge in [0.25, 0.3) is 5.91 Å². The molecule has 1 rings (SSSR count). The Balaban J connectivity index is 2.30. The number of hydrogen-bond donors (Lipinski definition) is 2. The van der Waals surface area contributed by atoms with Crippen molar-refractivity contribution in [1.82, 2.24) is 10.3 Å². The molecule has 0 aliphatic rings. The lowest BCUT2D eigenvalue weighted by molar-refractivity contribution is 0.0952. The van der Waals surface area contributed by atoms with Crippen molar-refractivity contribution in [3.8, 4) is 0 Å². The van der Waals surface area contributed by atoms with Crippen LogP contribution in [0.1, 0.15) is 61.5 Å². The van der Waals surface area contributed by atoms with Crippen molar-refractivity contribution >= 4 is 11.7 Å². The summed E-state index contributed by atoms with van der Waals surface area (Å²) in [7, 11) is 1.81. The number of amides is 1. The fourth-order valence-corrected chi connectivity index (χ4v) is 2.14. The maximum Gasteiger partial charge on any atom is 0.251 e. The summed E-state index contributed by atoms with van der Waals surface area (Å²) in [5.74, 6) is 0.718. The molecule has 0 saturated heterocycles. The third kappa shape index (κ3) is 6.04. The second-order valence-corrected chi connectivity index (χ2v) is 5.16. The molecule has 0 aliphatic carbocycles. The van der Waals surface area contributed by atoms with E-state index in [4.69, 9.17) is 0 Å². The third-order valence-electron chi connectivity index (χ3n) is 3.29. The summed E-state index contributed by atoms with van der Waals surface area (Å²) in [4.78, 5) is 16.3. The Hall–Kier alpha value is -1.58. The lowest BCUT2D eigenvalue weighted by Gasteiger charge is -2.08. The lowest BCUT2D eigenvalue weighted by atomic mass is 10.1. The van der Waals surface area contributed by atoms with Crippen LogP contribution in [0.25, 0.3) is 0 Å². The first-order valence-electron chi connectivity index (χ1n) is 7.62. The van der Waals surface area contributed by atoms with Gasteiger partial charge in [-0.15, -0.1) is 0 Å². The molecular formula is C16H27N3O. The Morgan fingerprint density at radius 2 is 1.85 bits per heavy atom. The molecule has 20 heavy (non-hydrogen) atoms. The van der Waals surface area contributed by atoms with Crippen molar-refractivity contribution in [2.45, 2.75) is 52.4 Å². The van der Waals surface area contributed by atoms with Crippen LogP contribution in [0.5, 0.6) is 0 Å². The Labute approximate surface area is 122 Å². The molecule has 4 heteroatoms. The lowest BCUT2D eigenvalue weighted by Crippen LogP contribution is -2.24. The van der Waals surface area contributed by atoms with E-state index in [-0.39, 0.29) is 5.91 Å². The van der Waals surface area contributed by atoms with Crippen LogP contribution in [0.2, 0.25) is 0 Å². The van der Waals surface area contributed by atoms with E-state index in [0.29, 0.717) is 5.56 Å². The highest BCUT2D eigenvalue weighted by molar-refractivity contribution is 5.94. The Morgan fingerprint density at radius 1 is 1.15 bits per heavy atom. The minimum atomic E-state index is -0.0134. The number of hydrogen-bond acceptors (Lipinski definition) is 3. The molecule has 0 unspecified atom stereocenters. The Bertz CT molecular complexity index is 418. The molecule has 1 heterocycles. The Morgan fingerprint density at radius 3 is 2.55 bits per heavy atom. The smallest absolute Gasteiger partial charge is 0.251 e. The van der Waals surface area contributed by atoms with Gasteiger partial charge >= 0.3 is 0 Å². The van der Waals surface area contributed by atoms with Crippen molar-refractivity contribution in [3.63, 3.8) is 0 Å². The van der Waals surface area contributed by atoms with Crippen molar-refractivity contribution < 1.29 is 4.79 Å². The molecule has 0 atom stereocenters. The van der Waals surface area contributed by atoms with Crippen molar-refractivity contribution in [2.75, 3.05) is 18.9 Å². The largest absolute Gasteiger partial charge is 0.373 e. The van der Waals surface area contributed by atoms with Gasteiger partial charge in [0.15, 0.2) is 0 Å². The van der Waals surface area contributed by atoms with Gasteiger partial charge in [0.2, 0.25) is 0 Å². The van der Waals surface area contributed by atoms with Gasteiger partial charge < -0.3 is 10.6 Å². The Kier molecular flexibility index (Phi) is 7.70. The van der Waals surface area contributed by atoms with Crippen LogP contribution in [0.15, 0.2) is 12.1 Å². The fraction of sp³-hybridized carbons (Fsp3) is 0.625. The highest BCUT2D eigenvalue weighted by Gasteiger charge is 2.07. The van der Waals surface area contributed by atoms with Gasteiger partial charge in [-0.1, -0.05) is 39.0 Å². The summed E-state index contributed by atoms with van der Waals surface area (Å²) in [5.41, 5.74) is 1.52. The molecule has 0 bridgehead atoms. The normalized spacial score (nSPS) is 10.3. The number of nitrogens with zero attached hydrogens (tertiary/aromatic N) is 1. The van der Waals surface area contributed by atoms with Gasteiger partial charge in [0.05, 0.1) is 0 Å². The number of nitrogens with one attached hydrogen (secondary N) is 2. The van der Waals surface area contributed by atoms with E-state index in [1.54, 1.807) is 13.1 Å². The van der Waals surface area contributed by atoms with Crippen LogP contribution in [0, 0.1) is 6.92 Å². The minimum absolute atomic E-state index is 0.0134. The highest BCUT2D eigenvalue weighted by Crippen LogP contribution is 2.09. The first-order valence-corrected chi connectivity index (χ1v) is 7.62. The molecule has 4 nitrogen and oxygen atoms in total. The topological polar surface area (TPSA) is 54.0 Å². The van der Waals surface area contributed by atoms with Crippen LogP contribution in [0.4, 0.5) is 5.82 Å². The molecule has 112 valence electrons. The van der Waals surface area contributed by atoms with E-state index < -0.39 is 0 Å². The first kappa shape index (κ1) is 16.5. The average Bonchev–Trinajstić information content (AvgIpc) is 2.45. The zero-order valence-corrected chi connectivity index (χ0v) is 13.0. The van der Waals surface area contributed by atoms with Gasteiger partial charge in [0.1, 0.15) is 5.82 Å². The maximum absolute atomic E-state index is 12.0. The molecular weight excluding hydrogens is 250 g/mol. The van der Waals surface area contributed by atoms with E-state index in [1.165, 1.54) is 32.1 Å². The molecule has 0 aliphatic heterocycles. The quantitative estimate of drug-likeness (QED) is 0.679. The fourth-order valence-electron chi connectivity index (χ4n) is 2.14. The SMILES string of the molecule is CCCCCCCCNC(=O)c1cc(C)nc(NC)c1. The van der Waals surface area contributed by atoms with Crippen LogP contribution >= 0.6 is 0 Å². The standard InChI is InChI=1S/C16H27N3O/c1-4-5-6-7-8-9-10-18-16(20)14-11-13(2)19-15(12-14)17-3/h11-12H,4-10H2,1-3H3,(H,17,19)(H,18,20).